The van der Waals surface area contributed by atoms with Crippen LogP contribution in [0.2, 0.25) is 0 Å². The summed E-state index contributed by atoms with van der Waals surface area (Å²) in [5, 5.41) is 12.4. The third kappa shape index (κ3) is 3.96. The van der Waals surface area contributed by atoms with Crippen molar-refractivity contribution in [3.05, 3.63) is 35.9 Å². The van der Waals surface area contributed by atoms with Crippen LogP contribution in [-0.4, -0.2) is 37.5 Å². The Morgan fingerprint density at radius 2 is 1.75 bits per heavy atom. The summed E-state index contributed by atoms with van der Waals surface area (Å²) in [5.74, 6) is -1.54. The molecule has 1 aromatic carbocycles. The second-order valence-electron chi connectivity index (χ2n) is 4.31. The first-order valence-corrected chi connectivity index (χ1v) is 6.16. The Hall–Kier alpha value is -2.08. The van der Waals surface area contributed by atoms with Gasteiger partial charge in [0, 0.05) is 0 Å². The topological polar surface area (TPSA) is 84.9 Å². The van der Waals surface area contributed by atoms with Gasteiger partial charge in [-0.2, -0.15) is 0 Å². The Labute approximate surface area is 117 Å². The van der Waals surface area contributed by atoms with Crippen molar-refractivity contribution in [3.63, 3.8) is 0 Å². The van der Waals surface area contributed by atoms with Crippen LogP contribution >= 0.6 is 0 Å². The van der Waals surface area contributed by atoms with Gasteiger partial charge in [-0.25, -0.2) is 4.79 Å². The fourth-order valence-electron chi connectivity index (χ4n) is 1.97. The number of alkyl carbamates (subject to hydrolysis) is 1. The summed E-state index contributed by atoms with van der Waals surface area (Å²) < 4.78 is 9.26. The molecule has 0 spiro atoms. The molecule has 0 aliphatic heterocycles. The number of amides is 1. The maximum Gasteiger partial charge on any atom is 0.407 e. The molecule has 0 bridgehead atoms. The molecular weight excluding hydrogens is 262 g/mol. The van der Waals surface area contributed by atoms with E-state index >= 15 is 0 Å². The summed E-state index contributed by atoms with van der Waals surface area (Å²) in [5.41, 5.74) is 0.675. The van der Waals surface area contributed by atoms with Gasteiger partial charge < -0.3 is 19.9 Å². The Morgan fingerprint density at radius 1 is 1.15 bits per heavy atom. The van der Waals surface area contributed by atoms with Crippen molar-refractivity contribution in [1.82, 2.24) is 5.32 Å². The van der Waals surface area contributed by atoms with E-state index in [0.29, 0.717) is 5.56 Å². The van der Waals surface area contributed by atoms with Crippen molar-refractivity contribution in [2.75, 3.05) is 14.2 Å². The number of nitrogens with one attached hydrogen (secondary N) is 1. The Bertz CT molecular complexity index is 446. The minimum absolute atomic E-state index is 0.606. The predicted molar refractivity (Wildman–Crippen MR) is 71.9 cm³/mol. The number of hydrogen-bond donors (Lipinski definition) is 2. The first-order chi connectivity index (χ1) is 9.51. The molecule has 0 unspecified atom stereocenters. The highest BCUT2D eigenvalue weighted by Gasteiger charge is 2.35. The van der Waals surface area contributed by atoms with Gasteiger partial charge in [-0.05, 0) is 12.5 Å². The average Bonchev–Trinajstić information content (AvgIpc) is 2.46. The molecule has 0 aliphatic carbocycles. The molecule has 3 atom stereocenters. The number of esters is 1. The lowest BCUT2D eigenvalue weighted by atomic mass is 9.89. The molecule has 0 radical (unpaired) electrons. The minimum atomic E-state index is -0.996. The molecule has 0 aliphatic rings. The Kier molecular flexibility index (Phi) is 5.99. The standard InChI is InChI=1S/C14H19NO5/c1-9(16)11(13(17)19-2)12(15-14(18)20-3)10-7-5-4-6-8-10/h4-9,11-12,16H,1-3H3,(H,15,18)/t9-,11-,12+/m1/s1. The smallest absolute Gasteiger partial charge is 0.407 e. The first kappa shape index (κ1) is 16.0. The minimum Gasteiger partial charge on any atom is -0.469 e. The normalized spacial score (nSPS) is 14.8. The molecule has 0 heterocycles. The van der Waals surface area contributed by atoms with E-state index in [9.17, 15) is 14.7 Å². The molecule has 6 nitrogen and oxygen atoms in total. The summed E-state index contributed by atoms with van der Waals surface area (Å²) in [6, 6.07) is 8.12. The van der Waals surface area contributed by atoms with E-state index < -0.39 is 30.1 Å². The Morgan fingerprint density at radius 3 is 2.20 bits per heavy atom. The van der Waals surface area contributed by atoms with E-state index in [4.69, 9.17) is 4.74 Å². The van der Waals surface area contributed by atoms with Crippen molar-refractivity contribution in [2.45, 2.75) is 19.1 Å². The molecule has 20 heavy (non-hydrogen) atoms. The molecular formula is C14H19NO5. The molecule has 0 aromatic heterocycles. The van der Waals surface area contributed by atoms with Crippen LogP contribution in [0.1, 0.15) is 18.5 Å². The van der Waals surface area contributed by atoms with Gasteiger partial charge in [-0.1, -0.05) is 30.3 Å². The van der Waals surface area contributed by atoms with Gasteiger partial charge in [0.2, 0.25) is 0 Å². The fourth-order valence-corrected chi connectivity index (χ4v) is 1.97. The summed E-state index contributed by atoms with van der Waals surface area (Å²) in [6.45, 7) is 1.47. The third-order valence-electron chi connectivity index (χ3n) is 2.97. The maximum atomic E-state index is 11.9. The number of methoxy groups -OCH3 is 2. The summed E-state index contributed by atoms with van der Waals surface area (Å²) in [7, 11) is 2.46. The molecule has 0 fully saturated rings. The molecule has 0 saturated carbocycles. The van der Waals surface area contributed by atoms with Gasteiger partial charge in [0.1, 0.15) is 5.92 Å². The van der Waals surface area contributed by atoms with Gasteiger partial charge in [0.15, 0.2) is 0 Å². The number of ether oxygens (including phenoxy) is 2. The number of aliphatic hydroxyl groups excluding tert-OH is 1. The van der Waals surface area contributed by atoms with E-state index in [2.05, 4.69) is 10.1 Å². The van der Waals surface area contributed by atoms with Crippen LogP contribution in [0.25, 0.3) is 0 Å². The average molecular weight is 281 g/mol. The van der Waals surface area contributed by atoms with Gasteiger partial charge in [-0.15, -0.1) is 0 Å². The highest BCUT2D eigenvalue weighted by atomic mass is 16.5. The molecule has 0 saturated heterocycles. The van der Waals surface area contributed by atoms with Crippen molar-refractivity contribution in [1.29, 1.82) is 0 Å². The van der Waals surface area contributed by atoms with Crippen LogP contribution < -0.4 is 5.32 Å². The van der Waals surface area contributed by atoms with Gasteiger partial charge in [0.05, 0.1) is 26.4 Å². The van der Waals surface area contributed by atoms with E-state index in [-0.39, 0.29) is 0 Å². The predicted octanol–water partition coefficient (Wildman–Crippen LogP) is 1.25. The van der Waals surface area contributed by atoms with Crippen LogP contribution in [0.5, 0.6) is 0 Å². The SMILES string of the molecule is COC(=O)N[C@@H](c1ccccc1)[C@H](C(=O)OC)[C@@H](C)O. The largest absolute Gasteiger partial charge is 0.469 e. The number of benzene rings is 1. The fraction of sp³-hybridized carbons (Fsp3) is 0.429. The second-order valence-corrected chi connectivity index (χ2v) is 4.31. The molecule has 6 heteroatoms. The second kappa shape index (κ2) is 7.49. The first-order valence-electron chi connectivity index (χ1n) is 6.16. The zero-order chi connectivity index (χ0) is 15.1. The van der Waals surface area contributed by atoms with Gasteiger partial charge in [-0.3, -0.25) is 4.79 Å². The molecule has 2 N–H and O–H groups in total. The number of hydrogen-bond acceptors (Lipinski definition) is 5. The van der Waals surface area contributed by atoms with E-state index in [0.717, 1.165) is 0 Å². The van der Waals surface area contributed by atoms with Crippen molar-refractivity contribution >= 4 is 12.1 Å². The molecule has 1 rings (SSSR count). The molecule has 110 valence electrons. The zero-order valence-corrected chi connectivity index (χ0v) is 11.7. The van der Waals surface area contributed by atoms with Gasteiger partial charge >= 0.3 is 12.1 Å². The Balaban J connectivity index is 3.14. The van der Waals surface area contributed by atoms with E-state index in [1.54, 1.807) is 24.3 Å². The lowest BCUT2D eigenvalue weighted by Crippen LogP contribution is -2.42. The highest BCUT2D eigenvalue weighted by Crippen LogP contribution is 2.26. The van der Waals surface area contributed by atoms with Crippen LogP contribution in [0.15, 0.2) is 30.3 Å². The monoisotopic (exact) mass is 281 g/mol. The van der Waals surface area contributed by atoms with Crippen LogP contribution in [0, 0.1) is 5.92 Å². The lowest BCUT2D eigenvalue weighted by Gasteiger charge is -2.28. The number of carbonyl (C=O) groups excluding carboxylic acids is 2. The molecule has 1 aromatic rings. The van der Waals surface area contributed by atoms with Crippen molar-refractivity contribution in [3.8, 4) is 0 Å². The maximum absolute atomic E-state index is 11.9. The van der Waals surface area contributed by atoms with E-state index in [1.165, 1.54) is 21.1 Å². The highest BCUT2D eigenvalue weighted by molar-refractivity contribution is 5.76. The summed E-state index contributed by atoms with van der Waals surface area (Å²) in [4.78, 5) is 23.3. The van der Waals surface area contributed by atoms with Crippen LogP contribution in [0.3, 0.4) is 0 Å². The quantitative estimate of drug-likeness (QED) is 0.794. The van der Waals surface area contributed by atoms with Crippen LogP contribution in [0.4, 0.5) is 4.79 Å². The lowest BCUT2D eigenvalue weighted by molar-refractivity contribution is -0.150. The number of aliphatic hydroxyl groups is 1. The van der Waals surface area contributed by atoms with Gasteiger partial charge in [0.25, 0.3) is 0 Å². The summed E-state index contributed by atoms with van der Waals surface area (Å²) >= 11 is 0. The zero-order valence-electron chi connectivity index (χ0n) is 11.7. The molecule has 1 amide bonds. The van der Waals surface area contributed by atoms with E-state index in [1.807, 2.05) is 6.07 Å². The van der Waals surface area contributed by atoms with Crippen molar-refractivity contribution in [2.24, 2.45) is 5.92 Å². The summed E-state index contributed by atoms with van der Waals surface area (Å²) in [6.07, 6.45) is -1.68. The number of carbonyl (C=O) groups is 2. The van der Waals surface area contributed by atoms with Crippen LogP contribution in [-0.2, 0) is 14.3 Å². The van der Waals surface area contributed by atoms with Crippen molar-refractivity contribution < 1.29 is 24.2 Å². The third-order valence-corrected chi connectivity index (χ3v) is 2.97. The number of rotatable bonds is 5.